The zero-order valence-electron chi connectivity index (χ0n) is 15.0. The van der Waals surface area contributed by atoms with Gasteiger partial charge in [0, 0.05) is 26.2 Å². The highest BCUT2D eigenvalue weighted by molar-refractivity contribution is 7.92. The summed E-state index contributed by atoms with van der Waals surface area (Å²) in [6.07, 6.45) is -4.63. The van der Waals surface area contributed by atoms with Crippen LogP contribution < -0.4 is 9.62 Å². The minimum atomic E-state index is -4.63. The van der Waals surface area contributed by atoms with Crippen LogP contribution >= 0.6 is 0 Å². The Hall–Kier alpha value is -2.33. The lowest BCUT2D eigenvalue weighted by atomic mass is 10.1. The predicted molar refractivity (Wildman–Crippen MR) is 98.4 cm³/mol. The van der Waals surface area contributed by atoms with Gasteiger partial charge in [-0.2, -0.15) is 13.2 Å². The van der Waals surface area contributed by atoms with E-state index in [9.17, 15) is 26.0 Å². The van der Waals surface area contributed by atoms with Gasteiger partial charge in [-0.25, -0.2) is 12.8 Å². The Morgan fingerprint density at radius 3 is 2.29 bits per heavy atom. The molecule has 1 aliphatic rings. The van der Waals surface area contributed by atoms with Crippen molar-refractivity contribution < 1.29 is 26.0 Å². The molecule has 0 aliphatic carbocycles. The normalized spacial score (nSPS) is 16.2. The first-order valence-corrected chi connectivity index (χ1v) is 9.98. The second-order valence-corrected chi connectivity index (χ2v) is 8.27. The van der Waals surface area contributed by atoms with E-state index in [2.05, 4.69) is 9.62 Å². The summed E-state index contributed by atoms with van der Waals surface area (Å²) in [6.45, 7) is 2.46. The first kappa shape index (κ1) is 20.4. The van der Waals surface area contributed by atoms with E-state index in [4.69, 9.17) is 0 Å². The Balaban J connectivity index is 2.01. The van der Waals surface area contributed by atoms with Crippen molar-refractivity contribution in [3.8, 4) is 0 Å². The molecule has 0 aromatic heterocycles. The fourth-order valence-corrected chi connectivity index (χ4v) is 4.05. The van der Waals surface area contributed by atoms with Crippen molar-refractivity contribution in [2.45, 2.75) is 11.1 Å². The average molecular weight is 417 g/mol. The summed E-state index contributed by atoms with van der Waals surface area (Å²) in [7, 11) is -2.34. The summed E-state index contributed by atoms with van der Waals surface area (Å²) >= 11 is 0. The Labute approximate surface area is 160 Å². The molecule has 1 aliphatic heterocycles. The molecule has 28 heavy (non-hydrogen) atoms. The van der Waals surface area contributed by atoms with Gasteiger partial charge in [-0.3, -0.25) is 4.72 Å². The second-order valence-electron chi connectivity index (χ2n) is 6.58. The number of nitrogens with zero attached hydrogens (tertiary/aromatic N) is 2. The number of sulfonamides is 1. The van der Waals surface area contributed by atoms with Crippen molar-refractivity contribution in [3.05, 3.63) is 53.8 Å². The number of rotatable bonds is 4. The van der Waals surface area contributed by atoms with E-state index in [0.29, 0.717) is 31.9 Å². The van der Waals surface area contributed by atoms with Gasteiger partial charge in [0.05, 0.1) is 21.8 Å². The van der Waals surface area contributed by atoms with Gasteiger partial charge in [0.2, 0.25) is 0 Å². The van der Waals surface area contributed by atoms with E-state index >= 15 is 0 Å². The van der Waals surface area contributed by atoms with Gasteiger partial charge in [-0.05, 0) is 43.4 Å². The van der Waals surface area contributed by atoms with E-state index in [-0.39, 0.29) is 10.6 Å². The van der Waals surface area contributed by atoms with E-state index in [1.807, 2.05) is 11.9 Å². The van der Waals surface area contributed by atoms with E-state index < -0.39 is 27.6 Å². The predicted octanol–water partition coefficient (Wildman–Crippen LogP) is 3.40. The standard InChI is InChI=1S/C18H19F4N3O2S/c1-24-7-9-25(10-8-24)17-6-5-13(18(20,21)22)11-16(17)23-28(26,27)15-4-2-3-14(19)12-15/h2-6,11-12,23H,7-10H2,1H3. The molecule has 10 heteroatoms. The topological polar surface area (TPSA) is 52.6 Å². The lowest BCUT2D eigenvalue weighted by Gasteiger charge is -2.35. The van der Waals surface area contributed by atoms with Crippen molar-refractivity contribution in [3.63, 3.8) is 0 Å². The summed E-state index contributed by atoms with van der Waals surface area (Å²) < 4.78 is 80.3. The summed E-state index contributed by atoms with van der Waals surface area (Å²) in [5.74, 6) is -0.758. The molecule has 0 atom stereocenters. The first-order chi connectivity index (χ1) is 13.1. The fourth-order valence-electron chi connectivity index (χ4n) is 2.96. The second kappa shape index (κ2) is 7.59. The largest absolute Gasteiger partial charge is 0.416 e. The van der Waals surface area contributed by atoms with Crippen molar-refractivity contribution in [1.82, 2.24) is 4.90 Å². The minimum absolute atomic E-state index is 0.191. The van der Waals surface area contributed by atoms with Gasteiger partial charge in [-0.15, -0.1) is 0 Å². The highest BCUT2D eigenvalue weighted by atomic mass is 32.2. The van der Waals surface area contributed by atoms with Crippen LogP contribution in [0.25, 0.3) is 0 Å². The molecule has 3 rings (SSSR count). The van der Waals surface area contributed by atoms with Crippen molar-refractivity contribution in [1.29, 1.82) is 0 Å². The smallest absolute Gasteiger partial charge is 0.367 e. The summed E-state index contributed by atoms with van der Waals surface area (Å²) in [6, 6.07) is 7.24. The molecule has 0 bridgehead atoms. The number of likely N-dealkylation sites (N-methyl/N-ethyl adjacent to an activating group) is 1. The molecule has 0 saturated carbocycles. The summed E-state index contributed by atoms with van der Waals surface area (Å²) in [4.78, 5) is 3.52. The lowest BCUT2D eigenvalue weighted by Crippen LogP contribution is -2.44. The number of halogens is 4. The Morgan fingerprint density at radius 1 is 1.00 bits per heavy atom. The monoisotopic (exact) mass is 417 g/mol. The zero-order chi connectivity index (χ0) is 20.5. The molecule has 0 unspecified atom stereocenters. The van der Waals surface area contributed by atoms with Crippen LogP contribution in [0.3, 0.4) is 0 Å². The van der Waals surface area contributed by atoms with Gasteiger partial charge >= 0.3 is 6.18 Å². The molecule has 0 spiro atoms. The number of piperazine rings is 1. The van der Waals surface area contributed by atoms with Crippen LogP contribution in [0.2, 0.25) is 0 Å². The maximum atomic E-state index is 13.4. The van der Waals surface area contributed by atoms with E-state index in [0.717, 1.165) is 24.3 Å². The van der Waals surface area contributed by atoms with Crippen LogP contribution in [0.1, 0.15) is 5.56 Å². The van der Waals surface area contributed by atoms with Gasteiger partial charge in [0.15, 0.2) is 0 Å². The number of alkyl halides is 3. The molecule has 0 radical (unpaired) electrons. The molecule has 5 nitrogen and oxygen atoms in total. The third-order valence-electron chi connectivity index (χ3n) is 4.52. The molecule has 1 heterocycles. The zero-order valence-corrected chi connectivity index (χ0v) is 15.8. The summed E-state index contributed by atoms with van der Waals surface area (Å²) in [5, 5.41) is 0. The molecule has 2 aromatic rings. The van der Waals surface area contributed by atoms with Gasteiger partial charge in [0.1, 0.15) is 5.82 Å². The van der Waals surface area contributed by atoms with Crippen LogP contribution in [-0.2, 0) is 16.2 Å². The maximum Gasteiger partial charge on any atom is 0.416 e. The van der Waals surface area contributed by atoms with E-state index in [1.165, 1.54) is 18.2 Å². The number of anilines is 2. The molecule has 2 aromatic carbocycles. The number of hydrogen-bond donors (Lipinski definition) is 1. The SMILES string of the molecule is CN1CCN(c2ccc(C(F)(F)F)cc2NS(=O)(=O)c2cccc(F)c2)CC1. The Kier molecular flexibility index (Phi) is 5.53. The van der Waals surface area contributed by atoms with E-state index in [1.54, 1.807) is 0 Å². The van der Waals surface area contributed by atoms with Crippen molar-refractivity contribution in [2.75, 3.05) is 42.8 Å². The average Bonchev–Trinajstić information content (AvgIpc) is 2.61. The highest BCUT2D eigenvalue weighted by Crippen LogP contribution is 2.36. The molecule has 1 fully saturated rings. The van der Waals surface area contributed by atoms with Gasteiger partial charge < -0.3 is 9.80 Å². The van der Waals surface area contributed by atoms with Crippen molar-refractivity contribution >= 4 is 21.4 Å². The minimum Gasteiger partial charge on any atom is -0.367 e. The summed E-state index contributed by atoms with van der Waals surface area (Å²) in [5.41, 5.74) is -0.813. The molecule has 1 N–H and O–H groups in total. The molecule has 0 amide bonds. The van der Waals surface area contributed by atoms with Crippen LogP contribution in [0.15, 0.2) is 47.4 Å². The molecular weight excluding hydrogens is 398 g/mol. The van der Waals surface area contributed by atoms with Crippen LogP contribution in [-0.4, -0.2) is 46.5 Å². The quantitative estimate of drug-likeness (QED) is 0.775. The molecule has 152 valence electrons. The van der Waals surface area contributed by atoms with Gasteiger partial charge in [0.25, 0.3) is 10.0 Å². The lowest BCUT2D eigenvalue weighted by molar-refractivity contribution is -0.137. The maximum absolute atomic E-state index is 13.4. The Bertz CT molecular complexity index is 956. The van der Waals surface area contributed by atoms with Crippen LogP contribution in [0, 0.1) is 5.82 Å². The van der Waals surface area contributed by atoms with Crippen LogP contribution in [0.5, 0.6) is 0 Å². The third-order valence-corrected chi connectivity index (χ3v) is 5.88. The Morgan fingerprint density at radius 2 is 1.68 bits per heavy atom. The number of hydrogen-bond acceptors (Lipinski definition) is 4. The van der Waals surface area contributed by atoms with Crippen LogP contribution in [0.4, 0.5) is 28.9 Å². The number of nitrogens with one attached hydrogen (secondary N) is 1. The first-order valence-electron chi connectivity index (χ1n) is 8.49. The molecular formula is C18H19F4N3O2S. The number of benzene rings is 2. The highest BCUT2D eigenvalue weighted by Gasteiger charge is 2.32. The van der Waals surface area contributed by atoms with Gasteiger partial charge in [-0.1, -0.05) is 6.07 Å². The fraction of sp³-hybridized carbons (Fsp3) is 0.333. The third kappa shape index (κ3) is 4.56. The molecule has 1 saturated heterocycles. The van der Waals surface area contributed by atoms with Crippen molar-refractivity contribution in [2.24, 2.45) is 0 Å².